The second-order valence-electron chi connectivity index (χ2n) is 6.47. The first kappa shape index (κ1) is 14.4. The van der Waals surface area contributed by atoms with E-state index in [2.05, 4.69) is 35.6 Å². The first-order chi connectivity index (χ1) is 9.73. The van der Waals surface area contributed by atoms with Crippen molar-refractivity contribution >= 4 is 11.8 Å². The van der Waals surface area contributed by atoms with E-state index in [-0.39, 0.29) is 0 Å². The second kappa shape index (κ2) is 6.50. The van der Waals surface area contributed by atoms with Gasteiger partial charge in [-0.25, -0.2) is 0 Å². The maximum Gasteiger partial charge on any atom is 0.0869 e. The Bertz CT molecular complexity index is 416. The van der Waals surface area contributed by atoms with Crippen molar-refractivity contribution in [3.63, 3.8) is 0 Å². The molecule has 2 N–H and O–H groups in total. The minimum absolute atomic E-state index is 0.442. The second-order valence-corrected chi connectivity index (χ2v) is 7.58. The number of benzene rings is 1. The Balaban J connectivity index is 1.43. The molecule has 0 radical (unpaired) electrons. The van der Waals surface area contributed by atoms with Gasteiger partial charge in [0, 0.05) is 18.3 Å². The van der Waals surface area contributed by atoms with E-state index in [0.29, 0.717) is 6.04 Å². The van der Waals surface area contributed by atoms with Gasteiger partial charge in [-0.2, -0.15) is 11.8 Å². The third kappa shape index (κ3) is 3.78. The highest BCUT2D eigenvalue weighted by Gasteiger charge is 2.33. The maximum absolute atomic E-state index is 10.4. The molecule has 1 aliphatic carbocycles. The van der Waals surface area contributed by atoms with Gasteiger partial charge in [-0.15, -0.1) is 0 Å². The van der Waals surface area contributed by atoms with Gasteiger partial charge in [0.1, 0.15) is 0 Å². The van der Waals surface area contributed by atoms with E-state index < -0.39 is 5.60 Å². The lowest BCUT2D eigenvalue weighted by molar-refractivity contribution is 0.0646. The molecule has 1 aromatic carbocycles. The van der Waals surface area contributed by atoms with Gasteiger partial charge < -0.3 is 10.4 Å². The molecule has 3 atom stereocenters. The van der Waals surface area contributed by atoms with Crippen LogP contribution in [0.15, 0.2) is 30.3 Å². The predicted octanol–water partition coefficient (Wildman–Crippen LogP) is 2.86. The van der Waals surface area contributed by atoms with Crippen LogP contribution in [0.3, 0.4) is 0 Å². The van der Waals surface area contributed by atoms with Crippen LogP contribution >= 0.6 is 11.8 Å². The van der Waals surface area contributed by atoms with Crippen molar-refractivity contribution in [1.82, 2.24) is 5.32 Å². The molecule has 3 heteroatoms. The Morgan fingerprint density at radius 3 is 2.85 bits per heavy atom. The number of nitrogens with one attached hydrogen (secondary N) is 1. The maximum atomic E-state index is 10.4. The average Bonchev–Trinajstić information content (AvgIpc) is 3.08. The van der Waals surface area contributed by atoms with Gasteiger partial charge in [0.2, 0.25) is 0 Å². The highest BCUT2D eigenvalue weighted by atomic mass is 32.2. The molecule has 1 saturated carbocycles. The molecule has 0 amide bonds. The molecule has 110 valence electrons. The minimum atomic E-state index is -0.442. The Labute approximate surface area is 126 Å². The molecule has 0 aromatic heterocycles. The fraction of sp³-hybridized carbons (Fsp3) is 0.647. The number of hydrogen-bond acceptors (Lipinski definition) is 3. The molecule has 20 heavy (non-hydrogen) atoms. The monoisotopic (exact) mass is 291 g/mol. The van der Waals surface area contributed by atoms with Crippen LogP contribution in [0, 0.1) is 5.92 Å². The van der Waals surface area contributed by atoms with Crippen LogP contribution in [-0.4, -0.2) is 34.8 Å². The molecule has 0 spiro atoms. The Hall–Kier alpha value is -0.510. The first-order valence-electron chi connectivity index (χ1n) is 7.81. The number of hydrogen-bond donors (Lipinski definition) is 2. The first-order valence-corrected chi connectivity index (χ1v) is 8.96. The zero-order chi connectivity index (χ0) is 13.8. The summed E-state index contributed by atoms with van der Waals surface area (Å²) in [6.45, 7) is 0.780. The largest absolute Gasteiger partial charge is 0.388 e. The van der Waals surface area contributed by atoms with Crippen molar-refractivity contribution < 1.29 is 5.11 Å². The van der Waals surface area contributed by atoms with Crippen LogP contribution < -0.4 is 5.32 Å². The summed E-state index contributed by atoms with van der Waals surface area (Å²) in [5, 5.41) is 14.0. The molecule has 0 bridgehead atoms. The fourth-order valence-corrected chi connectivity index (χ4v) is 4.76. The molecule has 1 aliphatic heterocycles. The quantitative estimate of drug-likeness (QED) is 0.875. The summed E-state index contributed by atoms with van der Waals surface area (Å²) >= 11 is 1.88. The Morgan fingerprint density at radius 2 is 2.10 bits per heavy atom. The van der Waals surface area contributed by atoms with E-state index in [1.807, 2.05) is 11.8 Å². The van der Waals surface area contributed by atoms with Crippen molar-refractivity contribution in [3.8, 4) is 0 Å². The summed E-state index contributed by atoms with van der Waals surface area (Å²) in [5.41, 5.74) is 1.02. The molecule has 1 saturated heterocycles. The summed E-state index contributed by atoms with van der Waals surface area (Å²) in [6, 6.07) is 11.4. The van der Waals surface area contributed by atoms with Crippen LogP contribution in [0.1, 0.15) is 31.2 Å². The number of thioether (sulfide) groups is 1. The molecule has 2 nitrogen and oxygen atoms in total. The van der Waals surface area contributed by atoms with E-state index in [4.69, 9.17) is 0 Å². The number of rotatable bonds is 5. The van der Waals surface area contributed by atoms with Gasteiger partial charge in [0.15, 0.2) is 0 Å². The van der Waals surface area contributed by atoms with E-state index >= 15 is 0 Å². The van der Waals surface area contributed by atoms with Crippen molar-refractivity contribution in [2.45, 2.75) is 43.7 Å². The topological polar surface area (TPSA) is 32.3 Å². The van der Waals surface area contributed by atoms with Gasteiger partial charge in [-0.3, -0.25) is 0 Å². The third-order valence-electron chi connectivity index (χ3n) is 4.71. The molecule has 1 heterocycles. The van der Waals surface area contributed by atoms with E-state index in [1.54, 1.807) is 0 Å². The highest BCUT2D eigenvalue weighted by molar-refractivity contribution is 7.99. The lowest BCUT2D eigenvalue weighted by Crippen LogP contribution is -2.44. The fourth-order valence-electron chi connectivity index (χ4n) is 3.46. The van der Waals surface area contributed by atoms with Gasteiger partial charge in [-0.05, 0) is 49.3 Å². The normalized spacial score (nSPS) is 33.6. The average molecular weight is 291 g/mol. The Kier molecular flexibility index (Phi) is 4.69. The van der Waals surface area contributed by atoms with Gasteiger partial charge >= 0.3 is 0 Å². The highest BCUT2D eigenvalue weighted by Crippen LogP contribution is 2.31. The standard InChI is InChI=1S/C17H25NOS/c19-17(8-9-20-13-17)12-18-16-7-6-15(11-16)10-14-4-2-1-3-5-14/h1-5,15-16,18-19H,6-13H2. The summed E-state index contributed by atoms with van der Waals surface area (Å²) in [6.07, 6.45) is 6.00. The minimum Gasteiger partial charge on any atom is -0.388 e. The molecule has 3 unspecified atom stereocenters. The molecule has 1 aromatic rings. The van der Waals surface area contributed by atoms with E-state index in [9.17, 15) is 5.11 Å². The molecule has 2 aliphatic rings. The van der Waals surface area contributed by atoms with Gasteiger partial charge in [0.25, 0.3) is 0 Å². The molecule has 2 fully saturated rings. The molecular formula is C17H25NOS. The predicted molar refractivity (Wildman–Crippen MR) is 86.2 cm³/mol. The van der Waals surface area contributed by atoms with Crippen molar-refractivity contribution in [2.24, 2.45) is 5.92 Å². The van der Waals surface area contributed by atoms with Crippen LogP contribution in [0.5, 0.6) is 0 Å². The summed E-state index contributed by atoms with van der Waals surface area (Å²) in [7, 11) is 0. The smallest absolute Gasteiger partial charge is 0.0869 e. The lowest BCUT2D eigenvalue weighted by atomic mass is 9.97. The SMILES string of the molecule is OC1(CNC2CCC(Cc3ccccc3)C2)CCSC1. The van der Waals surface area contributed by atoms with Gasteiger partial charge in [0.05, 0.1) is 5.60 Å². The zero-order valence-electron chi connectivity index (χ0n) is 12.1. The Morgan fingerprint density at radius 1 is 1.25 bits per heavy atom. The van der Waals surface area contributed by atoms with E-state index in [0.717, 1.165) is 30.4 Å². The van der Waals surface area contributed by atoms with Crippen LogP contribution in [-0.2, 0) is 6.42 Å². The van der Waals surface area contributed by atoms with E-state index in [1.165, 1.54) is 31.2 Å². The summed E-state index contributed by atoms with van der Waals surface area (Å²) in [4.78, 5) is 0. The van der Waals surface area contributed by atoms with Crippen LogP contribution in [0.2, 0.25) is 0 Å². The van der Waals surface area contributed by atoms with Crippen molar-refractivity contribution in [3.05, 3.63) is 35.9 Å². The zero-order valence-corrected chi connectivity index (χ0v) is 12.9. The lowest BCUT2D eigenvalue weighted by Gasteiger charge is -2.24. The molecule has 3 rings (SSSR count). The van der Waals surface area contributed by atoms with Crippen molar-refractivity contribution in [1.29, 1.82) is 0 Å². The summed E-state index contributed by atoms with van der Waals surface area (Å²) < 4.78 is 0. The van der Waals surface area contributed by atoms with Crippen LogP contribution in [0.4, 0.5) is 0 Å². The van der Waals surface area contributed by atoms with Crippen molar-refractivity contribution in [2.75, 3.05) is 18.1 Å². The van der Waals surface area contributed by atoms with Crippen LogP contribution in [0.25, 0.3) is 0 Å². The third-order valence-corrected chi connectivity index (χ3v) is 5.94. The van der Waals surface area contributed by atoms with Gasteiger partial charge in [-0.1, -0.05) is 30.3 Å². The molecular weight excluding hydrogens is 266 g/mol. The summed E-state index contributed by atoms with van der Waals surface area (Å²) in [5.74, 6) is 2.82. The number of aliphatic hydroxyl groups is 1.